The molecule has 0 amide bonds. The van der Waals surface area contributed by atoms with Gasteiger partial charge in [0.1, 0.15) is 5.69 Å². The van der Waals surface area contributed by atoms with Gasteiger partial charge in [0.15, 0.2) is 5.13 Å². The quantitative estimate of drug-likeness (QED) is 0.775. The highest BCUT2D eigenvalue weighted by Gasteiger charge is 2.22. The van der Waals surface area contributed by atoms with Crippen LogP contribution in [-0.4, -0.2) is 41.1 Å². The Labute approximate surface area is 145 Å². The van der Waals surface area contributed by atoms with Gasteiger partial charge in [0, 0.05) is 32.2 Å². The van der Waals surface area contributed by atoms with Crippen LogP contribution in [0.1, 0.15) is 12.1 Å². The predicted molar refractivity (Wildman–Crippen MR) is 93.9 cm³/mol. The summed E-state index contributed by atoms with van der Waals surface area (Å²) < 4.78 is 26.8. The van der Waals surface area contributed by atoms with Crippen LogP contribution < -0.4 is 15.4 Å². The lowest BCUT2D eigenvalue weighted by atomic mass is 10.3. The Morgan fingerprint density at radius 2 is 1.80 bits per heavy atom. The number of aromatic nitrogens is 3. The van der Waals surface area contributed by atoms with E-state index < -0.39 is 17.7 Å². The number of hydrogen-bond donors (Lipinski definition) is 1. The molecule has 1 aromatic carbocycles. The zero-order chi connectivity index (χ0) is 17.4. The number of benzene rings is 1. The Kier molecular flexibility index (Phi) is 4.08. The van der Waals surface area contributed by atoms with Gasteiger partial charge in [-0.15, -0.1) is 0 Å². The van der Waals surface area contributed by atoms with Crippen molar-refractivity contribution in [3.05, 3.63) is 46.4 Å². The molecule has 0 unspecified atom stereocenters. The Morgan fingerprint density at radius 3 is 2.52 bits per heavy atom. The van der Waals surface area contributed by atoms with E-state index in [2.05, 4.69) is 19.9 Å². The smallest absolute Gasteiger partial charge is 0.280 e. The summed E-state index contributed by atoms with van der Waals surface area (Å²) in [4.78, 5) is 26.6. The van der Waals surface area contributed by atoms with Crippen molar-refractivity contribution in [2.75, 3.05) is 36.0 Å². The van der Waals surface area contributed by atoms with Crippen LogP contribution >= 0.6 is 11.3 Å². The van der Waals surface area contributed by atoms with Crippen molar-refractivity contribution in [1.82, 2.24) is 15.0 Å². The molecule has 0 radical (unpaired) electrons. The summed E-state index contributed by atoms with van der Waals surface area (Å²) in [6.45, 7) is 2.52. The predicted octanol–water partition coefficient (Wildman–Crippen LogP) is 2.64. The van der Waals surface area contributed by atoms with Crippen molar-refractivity contribution >= 4 is 32.6 Å². The van der Waals surface area contributed by atoms with E-state index in [1.807, 2.05) is 29.2 Å². The third-order valence-corrected chi connectivity index (χ3v) is 5.20. The van der Waals surface area contributed by atoms with Gasteiger partial charge in [-0.05, 0) is 12.1 Å². The number of para-hydroxylation sites is 1. The molecule has 3 heterocycles. The van der Waals surface area contributed by atoms with Crippen LogP contribution in [0.2, 0.25) is 0 Å². The lowest BCUT2D eigenvalue weighted by Gasteiger charge is -2.34. The van der Waals surface area contributed by atoms with Gasteiger partial charge in [-0.1, -0.05) is 23.5 Å². The van der Waals surface area contributed by atoms with E-state index in [1.54, 1.807) is 11.3 Å². The maximum absolute atomic E-state index is 12.8. The van der Waals surface area contributed by atoms with Crippen LogP contribution in [0.5, 0.6) is 0 Å². The average Bonchev–Trinajstić information content (AvgIpc) is 3.05. The van der Waals surface area contributed by atoms with Crippen molar-refractivity contribution in [3.8, 4) is 0 Å². The number of nitrogens with one attached hydrogen (secondary N) is 1. The first-order valence-corrected chi connectivity index (χ1v) is 8.67. The van der Waals surface area contributed by atoms with Gasteiger partial charge < -0.3 is 9.80 Å². The first-order valence-electron chi connectivity index (χ1n) is 7.85. The SMILES string of the molecule is O=c1cc(C(F)F)nc(N2CCN(c3nc4ccccc4s3)CC2)[nH]1. The Morgan fingerprint density at radius 1 is 1.08 bits per heavy atom. The van der Waals surface area contributed by atoms with Crippen molar-refractivity contribution in [1.29, 1.82) is 0 Å². The number of piperazine rings is 1. The molecule has 1 saturated heterocycles. The van der Waals surface area contributed by atoms with E-state index in [-0.39, 0.29) is 5.95 Å². The van der Waals surface area contributed by atoms with Crippen LogP contribution in [-0.2, 0) is 0 Å². The molecule has 1 fully saturated rings. The largest absolute Gasteiger partial charge is 0.345 e. The van der Waals surface area contributed by atoms with E-state index in [4.69, 9.17) is 0 Å². The number of anilines is 2. The number of fused-ring (bicyclic) bond motifs is 1. The van der Waals surface area contributed by atoms with Crippen molar-refractivity contribution in [2.24, 2.45) is 0 Å². The maximum Gasteiger partial charge on any atom is 0.280 e. The molecule has 4 rings (SSSR count). The summed E-state index contributed by atoms with van der Waals surface area (Å²) in [6.07, 6.45) is -2.76. The minimum absolute atomic E-state index is 0.201. The van der Waals surface area contributed by atoms with Crippen molar-refractivity contribution in [2.45, 2.75) is 6.43 Å². The van der Waals surface area contributed by atoms with E-state index >= 15 is 0 Å². The molecule has 6 nitrogen and oxygen atoms in total. The van der Waals surface area contributed by atoms with Gasteiger partial charge >= 0.3 is 0 Å². The number of halogens is 2. The Balaban J connectivity index is 1.50. The number of rotatable bonds is 3. The number of H-pyrrole nitrogens is 1. The molecule has 2 aromatic heterocycles. The third-order valence-electron chi connectivity index (χ3n) is 4.10. The van der Waals surface area contributed by atoms with E-state index in [1.165, 1.54) is 0 Å². The number of thiazole rings is 1. The fourth-order valence-corrected chi connectivity index (χ4v) is 3.85. The molecule has 25 heavy (non-hydrogen) atoms. The highest BCUT2D eigenvalue weighted by atomic mass is 32.1. The number of alkyl halides is 2. The molecule has 9 heteroatoms. The van der Waals surface area contributed by atoms with Crippen LogP contribution in [0.4, 0.5) is 19.9 Å². The highest BCUT2D eigenvalue weighted by molar-refractivity contribution is 7.22. The van der Waals surface area contributed by atoms with E-state index in [9.17, 15) is 13.6 Å². The van der Waals surface area contributed by atoms with Gasteiger partial charge in [-0.2, -0.15) is 0 Å². The zero-order valence-electron chi connectivity index (χ0n) is 13.2. The third kappa shape index (κ3) is 3.19. The summed E-state index contributed by atoms with van der Waals surface area (Å²) in [5.74, 6) is 0.201. The van der Waals surface area contributed by atoms with Gasteiger partial charge in [0.25, 0.3) is 12.0 Å². The molecule has 0 spiro atoms. The van der Waals surface area contributed by atoms with Crippen LogP contribution in [0.3, 0.4) is 0 Å². The van der Waals surface area contributed by atoms with E-state index in [0.29, 0.717) is 26.2 Å². The molecule has 0 aliphatic carbocycles. The first-order chi connectivity index (χ1) is 12.1. The van der Waals surface area contributed by atoms with E-state index in [0.717, 1.165) is 21.4 Å². The highest BCUT2D eigenvalue weighted by Crippen LogP contribution is 2.29. The molecular weight excluding hydrogens is 348 g/mol. The maximum atomic E-state index is 12.8. The standard InChI is InChI=1S/C16H15F2N5OS/c17-14(18)11-9-13(24)21-15(19-11)22-5-7-23(8-6-22)16-20-10-3-1-2-4-12(10)25-16/h1-4,9,14H,5-8H2,(H,19,21,24). The Bertz CT molecular complexity index is 916. The van der Waals surface area contributed by atoms with Gasteiger partial charge in [0.05, 0.1) is 10.2 Å². The second-order valence-corrected chi connectivity index (χ2v) is 6.74. The summed E-state index contributed by atoms with van der Waals surface area (Å²) in [7, 11) is 0. The zero-order valence-corrected chi connectivity index (χ0v) is 14.0. The molecule has 130 valence electrons. The number of aromatic amines is 1. The van der Waals surface area contributed by atoms with Crippen LogP contribution in [0.25, 0.3) is 10.2 Å². The minimum Gasteiger partial charge on any atom is -0.345 e. The van der Waals surface area contributed by atoms with Gasteiger partial charge in [-0.3, -0.25) is 9.78 Å². The summed E-state index contributed by atoms with van der Waals surface area (Å²) >= 11 is 1.63. The molecule has 1 aliphatic rings. The normalized spacial score (nSPS) is 15.3. The van der Waals surface area contributed by atoms with Crippen LogP contribution in [0.15, 0.2) is 35.1 Å². The van der Waals surface area contributed by atoms with Gasteiger partial charge in [0.2, 0.25) is 5.95 Å². The fourth-order valence-electron chi connectivity index (χ4n) is 2.83. The summed E-state index contributed by atoms with van der Waals surface area (Å²) in [5, 5.41) is 0.948. The summed E-state index contributed by atoms with van der Waals surface area (Å²) in [6, 6.07) is 8.81. The lowest BCUT2D eigenvalue weighted by Crippen LogP contribution is -2.47. The van der Waals surface area contributed by atoms with Gasteiger partial charge in [-0.25, -0.2) is 18.7 Å². The Hall–Kier alpha value is -2.55. The first kappa shape index (κ1) is 15.9. The lowest BCUT2D eigenvalue weighted by molar-refractivity contribution is 0.146. The molecule has 0 bridgehead atoms. The molecule has 1 aliphatic heterocycles. The average molecular weight is 363 g/mol. The molecule has 3 aromatic rings. The monoisotopic (exact) mass is 363 g/mol. The number of hydrogen-bond acceptors (Lipinski definition) is 6. The summed E-state index contributed by atoms with van der Waals surface area (Å²) in [5.41, 5.74) is -0.0817. The fraction of sp³-hybridized carbons (Fsp3) is 0.312. The topological polar surface area (TPSA) is 65.1 Å². The number of nitrogens with zero attached hydrogens (tertiary/aromatic N) is 4. The molecule has 1 N–H and O–H groups in total. The van der Waals surface area contributed by atoms with Crippen molar-refractivity contribution in [3.63, 3.8) is 0 Å². The minimum atomic E-state index is -2.76. The second-order valence-electron chi connectivity index (χ2n) is 5.73. The van der Waals surface area contributed by atoms with Crippen molar-refractivity contribution < 1.29 is 8.78 Å². The second kappa shape index (κ2) is 6.40. The molecular formula is C16H15F2N5OS. The van der Waals surface area contributed by atoms with Crippen LogP contribution in [0, 0.1) is 0 Å². The molecule has 0 atom stereocenters. The molecule has 0 saturated carbocycles.